The first kappa shape index (κ1) is 23.9. The average Bonchev–Trinajstić information content (AvgIpc) is 3.30. The van der Waals surface area contributed by atoms with Gasteiger partial charge in [0.2, 0.25) is 5.88 Å². The molecule has 8 nitrogen and oxygen atoms in total. The number of amides is 1. The molecule has 2 aromatic carbocycles. The van der Waals surface area contributed by atoms with E-state index in [-0.39, 0.29) is 28.9 Å². The zero-order valence-corrected chi connectivity index (χ0v) is 19.5. The highest BCUT2D eigenvalue weighted by atomic mass is 35.5. The van der Waals surface area contributed by atoms with Crippen molar-refractivity contribution in [1.82, 2.24) is 14.8 Å². The van der Waals surface area contributed by atoms with Crippen molar-refractivity contribution in [3.63, 3.8) is 0 Å². The molecule has 0 radical (unpaired) electrons. The maximum Gasteiger partial charge on any atom is 0.358 e. The van der Waals surface area contributed by atoms with Crippen molar-refractivity contribution in [2.75, 3.05) is 19.0 Å². The van der Waals surface area contributed by atoms with Crippen LogP contribution < -0.4 is 10.1 Å². The SMILES string of the molecule is CCOC(=O)c1cc(-c2cccc(NC(=O)c3cc(Cl)nc(OC)c3)c2)n(-c2ccc(F)cc2)n1. The molecule has 2 aromatic heterocycles. The smallest absolute Gasteiger partial charge is 0.358 e. The van der Waals surface area contributed by atoms with Crippen LogP contribution >= 0.6 is 11.6 Å². The van der Waals surface area contributed by atoms with Crippen LogP contribution in [0, 0.1) is 5.82 Å². The summed E-state index contributed by atoms with van der Waals surface area (Å²) in [4.78, 5) is 29.1. The molecule has 0 aliphatic heterocycles. The van der Waals surface area contributed by atoms with Crippen LogP contribution in [0.4, 0.5) is 10.1 Å². The average molecular weight is 495 g/mol. The molecule has 0 atom stereocenters. The number of anilines is 1. The number of pyridine rings is 1. The molecule has 2 heterocycles. The van der Waals surface area contributed by atoms with Gasteiger partial charge < -0.3 is 14.8 Å². The Morgan fingerprint density at radius 1 is 1.09 bits per heavy atom. The third-order valence-corrected chi connectivity index (χ3v) is 5.12. The van der Waals surface area contributed by atoms with Crippen molar-refractivity contribution in [3.05, 3.63) is 89.0 Å². The van der Waals surface area contributed by atoms with Gasteiger partial charge in [-0.05, 0) is 55.5 Å². The van der Waals surface area contributed by atoms with Gasteiger partial charge in [0.05, 0.1) is 25.1 Å². The quantitative estimate of drug-likeness (QED) is 0.281. The molecule has 0 saturated heterocycles. The van der Waals surface area contributed by atoms with Gasteiger partial charge in [-0.3, -0.25) is 4.79 Å². The lowest BCUT2D eigenvalue weighted by Gasteiger charge is -2.10. The van der Waals surface area contributed by atoms with Gasteiger partial charge in [0, 0.05) is 22.9 Å². The third kappa shape index (κ3) is 5.47. The van der Waals surface area contributed by atoms with Crippen LogP contribution in [0.15, 0.2) is 66.7 Å². The Morgan fingerprint density at radius 3 is 2.57 bits per heavy atom. The van der Waals surface area contributed by atoms with Crippen molar-refractivity contribution in [2.24, 2.45) is 0 Å². The van der Waals surface area contributed by atoms with E-state index >= 15 is 0 Å². The lowest BCUT2D eigenvalue weighted by atomic mass is 10.1. The molecule has 0 aliphatic carbocycles. The van der Waals surface area contributed by atoms with Crippen molar-refractivity contribution in [2.45, 2.75) is 6.92 Å². The highest BCUT2D eigenvalue weighted by molar-refractivity contribution is 6.30. The lowest BCUT2D eigenvalue weighted by molar-refractivity contribution is 0.0519. The molecule has 0 spiro atoms. The number of methoxy groups -OCH3 is 1. The Morgan fingerprint density at radius 2 is 1.86 bits per heavy atom. The fourth-order valence-corrected chi connectivity index (χ4v) is 3.54. The van der Waals surface area contributed by atoms with Crippen molar-refractivity contribution >= 4 is 29.2 Å². The van der Waals surface area contributed by atoms with Crippen LogP contribution in [0.25, 0.3) is 16.9 Å². The zero-order valence-electron chi connectivity index (χ0n) is 18.8. The standard InChI is InChI=1S/C25H20ClFN4O4/c1-3-35-25(33)20-14-21(31(30-20)19-9-7-17(27)8-10-19)15-5-4-6-18(11-15)28-24(32)16-12-22(26)29-23(13-16)34-2/h4-14H,3H2,1-2H3,(H,28,32). The molecule has 10 heteroatoms. The van der Waals surface area contributed by atoms with Crippen LogP contribution in [-0.4, -0.2) is 40.4 Å². The molecular formula is C25H20ClFN4O4. The van der Waals surface area contributed by atoms with Gasteiger partial charge in [-0.15, -0.1) is 0 Å². The predicted octanol–water partition coefficient (Wildman–Crippen LogP) is 5.16. The summed E-state index contributed by atoms with van der Waals surface area (Å²) >= 11 is 5.97. The number of nitrogens with one attached hydrogen (secondary N) is 1. The van der Waals surface area contributed by atoms with Gasteiger partial charge in [0.15, 0.2) is 5.69 Å². The number of esters is 1. The summed E-state index contributed by atoms with van der Waals surface area (Å²) < 4.78 is 25.1. The number of aromatic nitrogens is 3. The van der Waals surface area contributed by atoms with E-state index in [0.29, 0.717) is 22.6 Å². The van der Waals surface area contributed by atoms with Crippen molar-refractivity contribution < 1.29 is 23.5 Å². The van der Waals surface area contributed by atoms with Crippen molar-refractivity contribution in [1.29, 1.82) is 0 Å². The van der Waals surface area contributed by atoms with E-state index in [0.717, 1.165) is 0 Å². The second kappa shape index (κ2) is 10.4. The monoisotopic (exact) mass is 494 g/mol. The largest absolute Gasteiger partial charge is 0.481 e. The van der Waals surface area contributed by atoms with Crippen LogP contribution in [0.5, 0.6) is 5.88 Å². The van der Waals surface area contributed by atoms with Gasteiger partial charge in [-0.25, -0.2) is 18.9 Å². The minimum Gasteiger partial charge on any atom is -0.481 e. The normalized spacial score (nSPS) is 10.6. The molecule has 4 rings (SSSR count). The molecule has 4 aromatic rings. The number of hydrogen-bond donors (Lipinski definition) is 1. The summed E-state index contributed by atoms with van der Waals surface area (Å²) in [6.07, 6.45) is 0. The number of hydrogen-bond acceptors (Lipinski definition) is 6. The first-order chi connectivity index (χ1) is 16.9. The van der Waals surface area contributed by atoms with E-state index in [1.807, 2.05) is 0 Å². The maximum atomic E-state index is 13.5. The molecule has 0 aliphatic rings. The molecule has 178 valence electrons. The highest BCUT2D eigenvalue weighted by Gasteiger charge is 2.18. The van der Waals surface area contributed by atoms with Gasteiger partial charge in [0.1, 0.15) is 11.0 Å². The number of carbonyl (C=O) groups excluding carboxylic acids is 2. The second-order valence-corrected chi connectivity index (χ2v) is 7.67. The van der Waals surface area contributed by atoms with E-state index in [2.05, 4.69) is 15.4 Å². The van der Waals surface area contributed by atoms with E-state index < -0.39 is 17.7 Å². The molecule has 1 N–H and O–H groups in total. The maximum absolute atomic E-state index is 13.5. The topological polar surface area (TPSA) is 95.3 Å². The summed E-state index contributed by atoms with van der Waals surface area (Å²) in [7, 11) is 1.43. The number of nitrogens with zero attached hydrogens (tertiary/aromatic N) is 3. The number of carbonyl (C=O) groups is 2. The number of benzene rings is 2. The first-order valence-electron chi connectivity index (χ1n) is 10.5. The molecule has 0 unspecified atom stereocenters. The fraction of sp³-hybridized carbons (Fsp3) is 0.120. The Labute approximate surface area is 205 Å². The van der Waals surface area contributed by atoms with Gasteiger partial charge >= 0.3 is 5.97 Å². The van der Waals surface area contributed by atoms with Gasteiger partial charge in [-0.2, -0.15) is 5.10 Å². The summed E-state index contributed by atoms with van der Waals surface area (Å²) in [6, 6.07) is 17.2. The molecule has 0 saturated carbocycles. The minimum atomic E-state index is -0.581. The summed E-state index contributed by atoms with van der Waals surface area (Å²) in [5.41, 5.74) is 2.60. The Kier molecular flexibility index (Phi) is 7.07. The second-order valence-electron chi connectivity index (χ2n) is 7.28. The summed E-state index contributed by atoms with van der Waals surface area (Å²) in [5, 5.41) is 7.30. The zero-order chi connectivity index (χ0) is 24.9. The molecule has 0 bridgehead atoms. The van der Waals surface area contributed by atoms with E-state index in [9.17, 15) is 14.0 Å². The molecular weight excluding hydrogens is 475 g/mol. The molecule has 0 fully saturated rings. The predicted molar refractivity (Wildman–Crippen MR) is 129 cm³/mol. The van der Waals surface area contributed by atoms with Crippen LogP contribution in [0.3, 0.4) is 0 Å². The third-order valence-electron chi connectivity index (χ3n) is 4.92. The Bertz CT molecular complexity index is 1390. The van der Waals surface area contributed by atoms with Crippen LogP contribution in [0.1, 0.15) is 27.8 Å². The van der Waals surface area contributed by atoms with E-state index in [1.165, 1.54) is 36.1 Å². The molecule has 35 heavy (non-hydrogen) atoms. The lowest BCUT2D eigenvalue weighted by Crippen LogP contribution is -2.12. The van der Waals surface area contributed by atoms with Gasteiger partial charge in [0.25, 0.3) is 5.91 Å². The molecule has 1 amide bonds. The highest BCUT2D eigenvalue weighted by Crippen LogP contribution is 2.27. The van der Waals surface area contributed by atoms with E-state index in [1.54, 1.807) is 49.4 Å². The summed E-state index contributed by atoms with van der Waals surface area (Å²) in [5.74, 6) is -1.18. The van der Waals surface area contributed by atoms with Crippen LogP contribution in [-0.2, 0) is 4.74 Å². The fourth-order valence-electron chi connectivity index (χ4n) is 3.34. The Hall–Kier alpha value is -4.24. The summed E-state index contributed by atoms with van der Waals surface area (Å²) in [6.45, 7) is 1.90. The van der Waals surface area contributed by atoms with Gasteiger partial charge in [-0.1, -0.05) is 23.7 Å². The van der Waals surface area contributed by atoms with E-state index in [4.69, 9.17) is 21.1 Å². The van der Waals surface area contributed by atoms with Crippen LogP contribution in [0.2, 0.25) is 5.15 Å². The minimum absolute atomic E-state index is 0.0964. The number of rotatable bonds is 7. The number of halogens is 2. The first-order valence-corrected chi connectivity index (χ1v) is 10.9. The van der Waals surface area contributed by atoms with Crippen molar-refractivity contribution in [3.8, 4) is 22.8 Å². The Balaban J connectivity index is 1.70. The number of ether oxygens (including phenoxy) is 2.